The summed E-state index contributed by atoms with van der Waals surface area (Å²) in [5, 5.41) is 0. The first-order valence-electron chi connectivity index (χ1n) is 31.4. The number of carbonyl (C=O) groups is 3. The number of carbonyl (C=O) groups excluding carboxylic acids is 3. The van der Waals surface area contributed by atoms with E-state index in [1.807, 2.05) is 0 Å². The molecule has 0 rings (SSSR count). The molecule has 0 aliphatic carbocycles. The topological polar surface area (TPSA) is 78.9 Å². The largest absolute Gasteiger partial charge is 0.462 e. The van der Waals surface area contributed by atoms with Gasteiger partial charge in [0.25, 0.3) is 0 Å². The molecule has 6 nitrogen and oxygen atoms in total. The minimum absolute atomic E-state index is 0.0888. The van der Waals surface area contributed by atoms with Gasteiger partial charge in [-0.05, 0) is 89.9 Å². The van der Waals surface area contributed by atoms with Crippen LogP contribution in [0.2, 0.25) is 0 Å². The van der Waals surface area contributed by atoms with Crippen molar-refractivity contribution in [1.29, 1.82) is 0 Å². The highest BCUT2D eigenvalue weighted by atomic mass is 16.6. The van der Waals surface area contributed by atoms with Gasteiger partial charge in [0.1, 0.15) is 13.2 Å². The van der Waals surface area contributed by atoms with Crippen molar-refractivity contribution in [3.8, 4) is 0 Å². The molecule has 0 radical (unpaired) electrons. The lowest BCUT2D eigenvalue weighted by atomic mass is 10.0. The number of ether oxygens (including phenoxy) is 3. The zero-order valence-electron chi connectivity index (χ0n) is 48.4. The SMILES string of the molecule is CC/C=C\C/C=C\C/C=C\C/C=C\C/C=C\CCCCCC(=O)OC(COC(=O)CCCCCCC/C=C\CCCCCCC)COC(=O)CCCCCCCCCCCCCCCCCCCCCCCC. The monoisotopic (exact) mass is 1020 g/mol. The van der Waals surface area contributed by atoms with Crippen LogP contribution in [0.3, 0.4) is 0 Å². The molecular weight excluding hydrogens is 901 g/mol. The molecule has 0 aliphatic rings. The molecule has 0 aliphatic heterocycles. The van der Waals surface area contributed by atoms with Crippen LogP contribution >= 0.6 is 0 Å². The molecule has 0 aromatic heterocycles. The summed E-state index contributed by atoms with van der Waals surface area (Å²) in [6.45, 7) is 6.52. The van der Waals surface area contributed by atoms with Gasteiger partial charge in [-0.3, -0.25) is 14.4 Å². The minimum atomic E-state index is -0.796. The fourth-order valence-corrected chi connectivity index (χ4v) is 9.00. The van der Waals surface area contributed by atoms with Crippen molar-refractivity contribution in [2.24, 2.45) is 0 Å². The van der Waals surface area contributed by atoms with Gasteiger partial charge in [-0.15, -0.1) is 0 Å². The zero-order valence-corrected chi connectivity index (χ0v) is 48.4. The van der Waals surface area contributed by atoms with E-state index in [2.05, 4.69) is 93.7 Å². The van der Waals surface area contributed by atoms with E-state index in [4.69, 9.17) is 14.2 Å². The van der Waals surface area contributed by atoms with E-state index in [9.17, 15) is 14.4 Å². The minimum Gasteiger partial charge on any atom is -0.462 e. The summed E-state index contributed by atoms with van der Waals surface area (Å²) in [5.41, 5.74) is 0. The summed E-state index contributed by atoms with van der Waals surface area (Å²) in [4.78, 5) is 38.3. The van der Waals surface area contributed by atoms with Crippen molar-refractivity contribution in [2.45, 2.75) is 322 Å². The molecular formula is C67H118O6. The van der Waals surface area contributed by atoms with Gasteiger partial charge in [0, 0.05) is 19.3 Å². The van der Waals surface area contributed by atoms with Crippen molar-refractivity contribution in [1.82, 2.24) is 0 Å². The number of esters is 3. The van der Waals surface area contributed by atoms with Gasteiger partial charge >= 0.3 is 17.9 Å². The molecule has 1 atom stereocenters. The molecule has 0 aromatic rings. The van der Waals surface area contributed by atoms with E-state index >= 15 is 0 Å². The Morgan fingerprint density at radius 3 is 0.863 bits per heavy atom. The number of rotatable bonds is 57. The molecule has 6 heteroatoms. The third kappa shape index (κ3) is 59.6. The van der Waals surface area contributed by atoms with Gasteiger partial charge in [-0.2, -0.15) is 0 Å². The third-order valence-electron chi connectivity index (χ3n) is 13.7. The molecule has 73 heavy (non-hydrogen) atoms. The Morgan fingerprint density at radius 2 is 0.534 bits per heavy atom. The molecule has 0 saturated carbocycles. The van der Waals surface area contributed by atoms with E-state index in [1.54, 1.807) is 0 Å². The number of allylic oxidation sites excluding steroid dienone is 12. The Labute approximate surface area is 453 Å². The van der Waals surface area contributed by atoms with E-state index in [0.717, 1.165) is 103 Å². The third-order valence-corrected chi connectivity index (χ3v) is 13.7. The Balaban J connectivity index is 4.37. The Hall–Kier alpha value is -3.15. The standard InChI is InChI=1S/C67H118O6/c1-4-7-10-13-16-19-22-25-28-30-32-33-34-36-37-39-42-45-48-51-54-57-60-66(69)72-63-64(62-71-65(68)59-56-53-50-47-44-41-27-24-21-18-15-12-9-6-3)73-67(70)61-58-55-52-49-46-43-40-38-35-31-29-26-23-20-17-14-11-8-5-2/h8,11,17,20,24,26-27,29,35,38,43,46,64H,4-7,9-10,12-16,18-19,21-23,25,28,30-34,36-37,39-42,44-45,47-63H2,1-3H3/b11-8-,20-17-,27-24-,29-26-,38-35-,46-43-. The predicted molar refractivity (Wildman–Crippen MR) is 316 cm³/mol. The first kappa shape index (κ1) is 69.8. The lowest BCUT2D eigenvalue weighted by Crippen LogP contribution is -2.30. The van der Waals surface area contributed by atoms with Gasteiger partial charge in [0.05, 0.1) is 0 Å². The highest BCUT2D eigenvalue weighted by molar-refractivity contribution is 5.71. The van der Waals surface area contributed by atoms with Crippen molar-refractivity contribution in [3.05, 3.63) is 72.9 Å². The van der Waals surface area contributed by atoms with Gasteiger partial charge in [0.15, 0.2) is 6.10 Å². The van der Waals surface area contributed by atoms with Crippen molar-refractivity contribution < 1.29 is 28.6 Å². The fraction of sp³-hybridized carbons (Fsp3) is 0.776. The van der Waals surface area contributed by atoms with Crippen LogP contribution in [-0.4, -0.2) is 37.2 Å². The fourth-order valence-electron chi connectivity index (χ4n) is 9.00. The van der Waals surface area contributed by atoms with E-state index in [0.29, 0.717) is 19.3 Å². The van der Waals surface area contributed by atoms with Crippen LogP contribution in [-0.2, 0) is 28.6 Å². The van der Waals surface area contributed by atoms with Gasteiger partial charge in [-0.1, -0.05) is 280 Å². The summed E-state index contributed by atoms with van der Waals surface area (Å²) in [7, 11) is 0. The Bertz CT molecular complexity index is 1360. The van der Waals surface area contributed by atoms with E-state index < -0.39 is 6.10 Å². The molecule has 1 unspecified atom stereocenters. The lowest BCUT2D eigenvalue weighted by Gasteiger charge is -2.18. The average Bonchev–Trinajstić information content (AvgIpc) is 3.39. The first-order valence-corrected chi connectivity index (χ1v) is 31.4. The molecule has 0 amide bonds. The molecule has 0 spiro atoms. The molecule has 0 saturated heterocycles. The molecule has 0 heterocycles. The quantitative estimate of drug-likeness (QED) is 0.0261. The highest BCUT2D eigenvalue weighted by Gasteiger charge is 2.19. The van der Waals surface area contributed by atoms with Crippen LogP contribution in [0.5, 0.6) is 0 Å². The zero-order chi connectivity index (χ0) is 52.9. The van der Waals surface area contributed by atoms with Gasteiger partial charge in [0.2, 0.25) is 0 Å². The van der Waals surface area contributed by atoms with Gasteiger partial charge < -0.3 is 14.2 Å². The molecule has 0 bridgehead atoms. The average molecular weight is 1020 g/mol. The Kier molecular flexibility index (Phi) is 58.7. The van der Waals surface area contributed by atoms with E-state index in [-0.39, 0.29) is 31.1 Å². The Morgan fingerprint density at radius 1 is 0.288 bits per heavy atom. The van der Waals surface area contributed by atoms with Gasteiger partial charge in [-0.25, -0.2) is 0 Å². The second-order valence-corrected chi connectivity index (χ2v) is 20.9. The summed E-state index contributed by atoms with van der Waals surface area (Å²) in [6, 6.07) is 0. The van der Waals surface area contributed by atoms with E-state index in [1.165, 1.54) is 173 Å². The normalized spacial score (nSPS) is 12.5. The molecule has 0 aromatic carbocycles. The summed E-state index contributed by atoms with van der Waals surface area (Å²) in [5.74, 6) is -0.916. The molecule has 0 N–H and O–H groups in total. The lowest BCUT2D eigenvalue weighted by molar-refractivity contribution is -0.167. The smallest absolute Gasteiger partial charge is 0.306 e. The van der Waals surface area contributed by atoms with Crippen LogP contribution in [0.15, 0.2) is 72.9 Å². The van der Waals surface area contributed by atoms with Crippen LogP contribution in [0.4, 0.5) is 0 Å². The maximum absolute atomic E-state index is 12.9. The number of hydrogen-bond acceptors (Lipinski definition) is 6. The number of unbranched alkanes of at least 4 members (excludes halogenated alkanes) is 34. The maximum atomic E-state index is 12.9. The van der Waals surface area contributed by atoms with Crippen LogP contribution in [0.25, 0.3) is 0 Å². The second-order valence-electron chi connectivity index (χ2n) is 20.9. The van der Waals surface area contributed by atoms with Crippen LogP contribution in [0.1, 0.15) is 316 Å². The van der Waals surface area contributed by atoms with Crippen molar-refractivity contribution in [3.63, 3.8) is 0 Å². The summed E-state index contributed by atoms with van der Waals surface area (Å²) in [6.07, 6.45) is 79.1. The van der Waals surface area contributed by atoms with Crippen molar-refractivity contribution >= 4 is 17.9 Å². The molecule has 0 fully saturated rings. The van der Waals surface area contributed by atoms with Crippen LogP contribution in [0, 0.1) is 0 Å². The van der Waals surface area contributed by atoms with Crippen molar-refractivity contribution in [2.75, 3.05) is 13.2 Å². The second kappa shape index (κ2) is 61.4. The highest BCUT2D eigenvalue weighted by Crippen LogP contribution is 2.17. The molecule has 422 valence electrons. The summed E-state index contributed by atoms with van der Waals surface area (Å²) >= 11 is 0. The summed E-state index contributed by atoms with van der Waals surface area (Å²) < 4.78 is 16.9. The maximum Gasteiger partial charge on any atom is 0.306 e. The van der Waals surface area contributed by atoms with Crippen LogP contribution < -0.4 is 0 Å². The first-order chi connectivity index (χ1) is 36.0. The predicted octanol–water partition coefficient (Wildman–Crippen LogP) is 21.3. The number of hydrogen-bond donors (Lipinski definition) is 0.